The molecule has 2 N–H and O–H groups in total. The van der Waals surface area contributed by atoms with E-state index in [4.69, 9.17) is 21.1 Å². The highest BCUT2D eigenvalue weighted by Gasteiger charge is 2.38. The van der Waals surface area contributed by atoms with Crippen molar-refractivity contribution in [2.45, 2.75) is 32.7 Å². The van der Waals surface area contributed by atoms with E-state index in [9.17, 15) is 14.4 Å². The highest BCUT2D eigenvalue weighted by Crippen LogP contribution is 2.37. The van der Waals surface area contributed by atoms with Crippen molar-refractivity contribution >= 4 is 40.9 Å². The standard InChI is InChI=1S/C31H32ClN3O5/c1-3-5-18-35-29(21-10-7-6-8-11-21)27(30(37)39-4-2)28(34-31(35)38)22-12-9-13-24(19-22)33-26(36)20-40-25-16-14-23(32)15-17-25/h6-17,19,28H,3-5,18,20H2,1-2H3,(H,33,36)(H,34,38)/t28-/m1/s1. The second-order valence-electron chi connectivity index (χ2n) is 9.15. The normalized spacial score (nSPS) is 14.9. The number of ether oxygens (including phenoxy) is 2. The Morgan fingerprint density at radius 1 is 1.00 bits per heavy atom. The maximum Gasteiger partial charge on any atom is 0.338 e. The number of benzene rings is 3. The molecule has 0 unspecified atom stereocenters. The van der Waals surface area contributed by atoms with Gasteiger partial charge in [0.1, 0.15) is 5.75 Å². The zero-order valence-corrected chi connectivity index (χ0v) is 23.2. The summed E-state index contributed by atoms with van der Waals surface area (Å²) in [6.07, 6.45) is 1.65. The fourth-order valence-corrected chi connectivity index (χ4v) is 4.57. The molecule has 8 nitrogen and oxygen atoms in total. The number of unbranched alkanes of at least 4 members (excludes halogenated alkanes) is 1. The molecule has 1 atom stereocenters. The van der Waals surface area contributed by atoms with Gasteiger partial charge in [-0.2, -0.15) is 0 Å². The molecular weight excluding hydrogens is 530 g/mol. The number of hydrogen-bond acceptors (Lipinski definition) is 5. The number of halogens is 1. The van der Waals surface area contributed by atoms with Gasteiger partial charge in [0.25, 0.3) is 5.91 Å². The average molecular weight is 562 g/mol. The Hall–Kier alpha value is -4.30. The second-order valence-corrected chi connectivity index (χ2v) is 9.59. The smallest absolute Gasteiger partial charge is 0.338 e. The Morgan fingerprint density at radius 3 is 2.45 bits per heavy atom. The SMILES string of the molecule is CCCCN1C(=O)N[C@H](c2cccc(NC(=O)COc3ccc(Cl)cc3)c2)C(C(=O)OCC)=C1c1ccccc1. The topological polar surface area (TPSA) is 97.0 Å². The second kappa shape index (κ2) is 13.7. The van der Waals surface area contributed by atoms with E-state index in [0.29, 0.717) is 39.8 Å². The number of nitrogens with one attached hydrogen (secondary N) is 2. The molecule has 4 rings (SSSR count). The van der Waals surface area contributed by atoms with Crippen molar-refractivity contribution in [3.63, 3.8) is 0 Å². The summed E-state index contributed by atoms with van der Waals surface area (Å²) in [5.74, 6) is -0.362. The number of hydrogen-bond donors (Lipinski definition) is 2. The summed E-state index contributed by atoms with van der Waals surface area (Å²) in [5, 5.41) is 6.38. The van der Waals surface area contributed by atoms with Gasteiger partial charge in [-0.1, -0.05) is 67.4 Å². The molecule has 3 aromatic carbocycles. The molecule has 1 aliphatic heterocycles. The third kappa shape index (κ3) is 7.01. The average Bonchev–Trinajstić information content (AvgIpc) is 2.96. The molecule has 0 radical (unpaired) electrons. The van der Waals surface area contributed by atoms with Gasteiger partial charge in [-0.3, -0.25) is 9.69 Å². The molecule has 0 saturated heterocycles. The van der Waals surface area contributed by atoms with Crippen LogP contribution in [-0.2, 0) is 14.3 Å². The van der Waals surface area contributed by atoms with Gasteiger partial charge in [0.2, 0.25) is 0 Å². The third-order valence-corrected chi connectivity index (χ3v) is 6.54. The maximum absolute atomic E-state index is 13.4. The van der Waals surface area contributed by atoms with Crippen molar-refractivity contribution in [1.82, 2.24) is 10.2 Å². The maximum atomic E-state index is 13.4. The van der Waals surface area contributed by atoms with Crippen molar-refractivity contribution in [3.05, 3.63) is 101 Å². The number of amides is 3. The molecule has 9 heteroatoms. The van der Waals surface area contributed by atoms with Crippen LogP contribution < -0.4 is 15.4 Å². The summed E-state index contributed by atoms with van der Waals surface area (Å²) >= 11 is 5.90. The van der Waals surface area contributed by atoms with Gasteiger partial charge in [-0.05, 0) is 60.9 Å². The van der Waals surface area contributed by atoms with Gasteiger partial charge in [-0.15, -0.1) is 0 Å². The first-order valence-corrected chi connectivity index (χ1v) is 13.6. The lowest BCUT2D eigenvalue weighted by atomic mass is 9.91. The molecule has 0 bridgehead atoms. The molecular formula is C31H32ClN3O5. The van der Waals surface area contributed by atoms with Gasteiger partial charge in [0, 0.05) is 17.3 Å². The summed E-state index contributed by atoms with van der Waals surface area (Å²) in [7, 11) is 0. The van der Waals surface area contributed by atoms with Gasteiger partial charge < -0.3 is 20.1 Å². The summed E-state index contributed by atoms with van der Waals surface area (Å²) in [6.45, 7) is 4.22. The van der Waals surface area contributed by atoms with Crippen LogP contribution in [0.15, 0.2) is 84.4 Å². The van der Waals surface area contributed by atoms with Crippen molar-refractivity contribution in [2.24, 2.45) is 0 Å². The highest BCUT2D eigenvalue weighted by molar-refractivity contribution is 6.30. The summed E-state index contributed by atoms with van der Waals surface area (Å²) in [6, 6.07) is 22.0. The van der Waals surface area contributed by atoms with Crippen LogP contribution in [-0.4, -0.2) is 42.6 Å². The zero-order valence-electron chi connectivity index (χ0n) is 22.5. The van der Waals surface area contributed by atoms with E-state index in [1.54, 1.807) is 60.4 Å². The van der Waals surface area contributed by atoms with Gasteiger partial charge in [0.05, 0.1) is 23.9 Å². The predicted molar refractivity (Wildman–Crippen MR) is 155 cm³/mol. The minimum absolute atomic E-state index is 0.184. The van der Waals surface area contributed by atoms with Gasteiger partial charge in [0.15, 0.2) is 6.61 Å². The lowest BCUT2D eigenvalue weighted by Crippen LogP contribution is -2.48. The number of esters is 1. The lowest BCUT2D eigenvalue weighted by Gasteiger charge is -2.37. The minimum Gasteiger partial charge on any atom is -0.484 e. The molecule has 0 spiro atoms. The summed E-state index contributed by atoms with van der Waals surface area (Å²) in [4.78, 5) is 41.1. The highest BCUT2D eigenvalue weighted by atomic mass is 35.5. The molecule has 208 valence electrons. The molecule has 0 aromatic heterocycles. The van der Waals surface area contributed by atoms with Crippen LogP contribution >= 0.6 is 11.6 Å². The Labute approximate surface area is 238 Å². The van der Waals surface area contributed by atoms with Crippen LogP contribution in [0.4, 0.5) is 10.5 Å². The summed E-state index contributed by atoms with van der Waals surface area (Å²) < 4.78 is 11.0. The minimum atomic E-state index is -0.790. The number of carbonyl (C=O) groups is 3. The fourth-order valence-electron chi connectivity index (χ4n) is 4.44. The number of carbonyl (C=O) groups excluding carboxylic acids is 3. The van der Waals surface area contributed by atoms with E-state index >= 15 is 0 Å². The van der Waals surface area contributed by atoms with Crippen LogP contribution in [0.5, 0.6) is 5.75 Å². The Kier molecular flexibility index (Phi) is 9.81. The fraction of sp³-hybridized carbons (Fsp3) is 0.258. The van der Waals surface area contributed by atoms with E-state index in [1.807, 2.05) is 37.3 Å². The van der Waals surface area contributed by atoms with Crippen LogP contribution in [0, 0.1) is 0 Å². The van der Waals surface area contributed by atoms with E-state index in [1.165, 1.54) is 0 Å². The molecule has 40 heavy (non-hydrogen) atoms. The van der Waals surface area contributed by atoms with E-state index < -0.39 is 12.0 Å². The Morgan fingerprint density at radius 2 is 1.75 bits per heavy atom. The largest absolute Gasteiger partial charge is 0.484 e. The third-order valence-electron chi connectivity index (χ3n) is 6.29. The molecule has 1 heterocycles. The van der Waals surface area contributed by atoms with Gasteiger partial charge in [-0.25, -0.2) is 9.59 Å². The molecule has 3 amide bonds. The van der Waals surface area contributed by atoms with Crippen molar-refractivity contribution < 1.29 is 23.9 Å². The van der Waals surface area contributed by atoms with E-state index in [2.05, 4.69) is 10.6 Å². The van der Waals surface area contributed by atoms with E-state index in [-0.39, 0.29) is 25.2 Å². The van der Waals surface area contributed by atoms with Crippen LogP contribution in [0.1, 0.15) is 43.9 Å². The first-order chi connectivity index (χ1) is 19.4. The number of urea groups is 1. The molecule has 0 fully saturated rings. The zero-order chi connectivity index (χ0) is 28.5. The molecule has 3 aromatic rings. The number of anilines is 1. The predicted octanol–water partition coefficient (Wildman–Crippen LogP) is 6.20. The quantitative estimate of drug-likeness (QED) is 0.272. The monoisotopic (exact) mass is 561 g/mol. The van der Waals surface area contributed by atoms with Gasteiger partial charge >= 0.3 is 12.0 Å². The molecule has 0 saturated carbocycles. The lowest BCUT2D eigenvalue weighted by molar-refractivity contribution is -0.139. The van der Waals surface area contributed by atoms with Crippen LogP contribution in [0.2, 0.25) is 5.02 Å². The molecule has 0 aliphatic carbocycles. The van der Waals surface area contributed by atoms with Crippen molar-refractivity contribution in [3.8, 4) is 5.75 Å². The first kappa shape index (κ1) is 28.7. The van der Waals surface area contributed by atoms with Crippen LogP contribution in [0.25, 0.3) is 5.70 Å². The number of nitrogens with zero attached hydrogens (tertiary/aromatic N) is 1. The Bertz CT molecular complexity index is 1380. The number of rotatable bonds is 11. The Balaban J connectivity index is 1.66. The van der Waals surface area contributed by atoms with Crippen LogP contribution in [0.3, 0.4) is 0 Å². The molecule has 1 aliphatic rings. The first-order valence-electron chi connectivity index (χ1n) is 13.2. The summed E-state index contributed by atoms with van der Waals surface area (Å²) in [5.41, 5.74) is 2.71. The van der Waals surface area contributed by atoms with Crippen molar-refractivity contribution in [1.29, 1.82) is 0 Å². The van der Waals surface area contributed by atoms with Crippen molar-refractivity contribution in [2.75, 3.05) is 25.1 Å². The van der Waals surface area contributed by atoms with E-state index in [0.717, 1.165) is 18.4 Å².